The summed E-state index contributed by atoms with van der Waals surface area (Å²) >= 11 is 0. The smallest absolute Gasteiger partial charge is 0.475 e. The number of carboxylic acid groups (broad SMARTS) is 1. The van der Waals surface area contributed by atoms with Gasteiger partial charge in [0.15, 0.2) is 0 Å². The van der Waals surface area contributed by atoms with E-state index < -0.39 is 12.1 Å². The number of halogens is 3. The van der Waals surface area contributed by atoms with Crippen LogP contribution < -0.4 is 5.43 Å². The number of nitrogens with zero attached hydrogens (tertiary/aromatic N) is 2. The van der Waals surface area contributed by atoms with Crippen LogP contribution in [0, 0.1) is 22.0 Å². The van der Waals surface area contributed by atoms with E-state index in [-0.39, 0.29) is 28.8 Å². The van der Waals surface area contributed by atoms with Crippen LogP contribution in [0.5, 0.6) is 0 Å². The first-order valence-corrected chi connectivity index (χ1v) is 6.39. The Kier molecular flexibility index (Phi) is 9.38. The normalized spacial score (nSPS) is 13.5. The second kappa shape index (κ2) is 9.21. The first kappa shape index (κ1) is 22.4. The summed E-state index contributed by atoms with van der Waals surface area (Å²) in [6, 6.07) is 0. The molecule has 0 saturated heterocycles. The lowest BCUT2D eigenvalue weighted by molar-refractivity contribution is -0.485. The van der Waals surface area contributed by atoms with Crippen molar-refractivity contribution in [3.63, 3.8) is 0 Å². The third-order valence-electron chi connectivity index (χ3n) is 2.12. The van der Waals surface area contributed by atoms with E-state index in [9.17, 15) is 23.3 Å². The Morgan fingerprint density at radius 3 is 2.00 bits per heavy atom. The number of hydrogen-bond donors (Lipinski definition) is 2. The van der Waals surface area contributed by atoms with Crippen molar-refractivity contribution in [1.82, 2.24) is 5.43 Å². The zero-order chi connectivity index (χ0) is 18.1. The second-order valence-electron chi connectivity index (χ2n) is 5.87. The third-order valence-corrected chi connectivity index (χ3v) is 2.12. The van der Waals surface area contributed by atoms with E-state index in [2.05, 4.69) is 10.5 Å². The average molecular weight is 329 g/mol. The fourth-order valence-electron chi connectivity index (χ4n) is 0.929. The molecule has 0 saturated carbocycles. The maximum atomic E-state index is 10.6. The number of nitro groups is 1. The van der Waals surface area contributed by atoms with Gasteiger partial charge >= 0.3 is 12.1 Å². The average Bonchev–Trinajstić information content (AvgIpc) is 2.24. The number of hydrazone groups is 1. The van der Waals surface area contributed by atoms with Crippen LogP contribution in [0.15, 0.2) is 5.10 Å². The van der Waals surface area contributed by atoms with Gasteiger partial charge < -0.3 is 10.5 Å². The SMILES string of the molecule is CC(C)[C@H](/C=N/NC(C)(C)C)C[N+](=O)[O-].O=C(O)C(F)(F)F. The van der Waals surface area contributed by atoms with Gasteiger partial charge in [0.05, 0.1) is 5.92 Å². The van der Waals surface area contributed by atoms with Crippen LogP contribution in [0.25, 0.3) is 0 Å². The van der Waals surface area contributed by atoms with Gasteiger partial charge in [0.1, 0.15) is 0 Å². The van der Waals surface area contributed by atoms with Crippen molar-refractivity contribution in [2.24, 2.45) is 16.9 Å². The molecule has 0 aliphatic rings. The second-order valence-corrected chi connectivity index (χ2v) is 5.87. The zero-order valence-electron chi connectivity index (χ0n) is 13.1. The molecule has 0 radical (unpaired) electrons. The van der Waals surface area contributed by atoms with Crippen LogP contribution in [-0.2, 0) is 4.79 Å². The minimum absolute atomic E-state index is 0.0625. The molecule has 0 heterocycles. The van der Waals surface area contributed by atoms with Gasteiger partial charge in [0.2, 0.25) is 6.54 Å². The van der Waals surface area contributed by atoms with Crippen LogP contribution in [0.4, 0.5) is 13.2 Å². The highest BCUT2D eigenvalue weighted by atomic mass is 19.4. The zero-order valence-corrected chi connectivity index (χ0v) is 13.1. The monoisotopic (exact) mass is 329 g/mol. The molecule has 1 atom stereocenters. The van der Waals surface area contributed by atoms with Crippen LogP contribution in [0.3, 0.4) is 0 Å². The summed E-state index contributed by atoms with van der Waals surface area (Å²) in [5.41, 5.74) is 2.82. The van der Waals surface area contributed by atoms with E-state index >= 15 is 0 Å². The van der Waals surface area contributed by atoms with E-state index in [1.54, 1.807) is 6.21 Å². The minimum Gasteiger partial charge on any atom is -0.475 e. The van der Waals surface area contributed by atoms with E-state index in [1.807, 2.05) is 34.6 Å². The Hall–Kier alpha value is -1.87. The molecule has 0 rings (SSSR count). The topological polar surface area (TPSA) is 105 Å². The molecule has 0 unspecified atom stereocenters. The maximum absolute atomic E-state index is 10.6. The van der Waals surface area contributed by atoms with Gasteiger partial charge in [0, 0.05) is 16.7 Å². The van der Waals surface area contributed by atoms with Gasteiger partial charge in [-0.05, 0) is 26.7 Å². The lowest BCUT2D eigenvalue weighted by Gasteiger charge is -2.18. The standard InChI is InChI=1S/C10H21N3O2.C2HF3O2/c1-8(2)9(7-13(14)15)6-11-12-10(3,4)5;3-2(4,5)1(6)7/h6,8-9,12H,7H2,1-5H3;(H,6,7)/b11-6+;/t9-;/m1./s1. The van der Waals surface area contributed by atoms with E-state index in [1.165, 1.54) is 0 Å². The van der Waals surface area contributed by atoms with Crippen LogP contribution in [0.1, 0.15) is 34.6 Å². The van der Waals surface area contributed by atoms with Crippen molar-refractivity contribution in [2.75, 3.05) is 6.54 Å². The maximum Gasteiger partial charge on any atom is 0.490 e. The number of aliphatic carboxylic acids is 1. The molecule has 10 heteroatoms. The van der Waals surface area contributed by atoms with E-state index in [0.717, 1.165) is 0 Å². The molecular formula is C12H22F3N3O4. The summed E-state index contributed by atoms with van der Waals surface area (Å²) < 4.78 is 31.7. The molecule has 0 aromatic rings. The molecule has 0 spiro atoms. The van der Waals surface area contributed by atoms with Crippen molar-refractivity contribution < 1.29 is 28.0 Å². The van der Waals surface area contributed by atoms with Gasteiger partial charge in [-0.2, -0.15) is 18.3 Å². The molecule has 0 amide bonds. The van der Waals surface area contributed by atoms with Crippen molar-refractivity contribution in [3.8, 4) is 0 Å². The molecule has 0 fully saturated rings. The molecule has 0 aromatic heterocycles. The molecule has 0 aliphatic heterocycles. The Morgan fingerprint density at radius 1 is 1.36 bits per heavy atom. The van der Waals surface area contributed by atoms with Gasteiger partial charge in [0.25, 0.3) is 0 Å². The number of carbonyl (C=O) groups is 1. The van der Waals surface area contributed by atoms with E-state index in [0.29, 0.717) is 0 Å². The Labute approximate surface area is 126 Å². The Morgan fingerprint density at radius 2 is 1.77 bits per heavy atom. The van der Waals surface area contributed by atoms with Gasteiger partial charge in [-0.3, -0.25) is 10.1 Å². The molecule has 0 aromatic carbocycles. The summed E-state index contributed by atoms with van der Waals surface area (Å²) in [5, 5.41) is 21.6. The van der Waals surface area contributed by atoms with Crippen molar-refractivity contribution >= 4 is 12.2 Å². The number of nitrogens with one attached hydrogen (secondary N) is 1. The highest BCUT2D eigenvalue weighted by Crippen LogP contribution is 2.13. The largest absolute Gasteiger partial charge is 0.490 e. The lowest BCUT2D eigenvalue weighted by atomic mass is 9.97. The first-order chi connectivity index (χ1) is 9.66. The van der Waals surface area contributed by atoms with Gasteiger partial charge in [-0.15, -0.1) is 0 Å². The molecule has 22 heavy (non-hydrogen) atoms. The number of carboxylic acids is 1. The van der Waals surface area contributed by atoms with Gasteiger partial charge in [-0.1, -0.05) is 13.8 Å². The number of hydrogen-bond acceptors (Lipinski definition) is 5. The predicted octanol–water partition coefficient (Wildman–Crippen LogP) is 2.54. The summed E-state index contributed by atoms with van der Waals surface area (Å²) in [7, 11) is 0. The summed E-state index contributed by atoms with van der Waals surface area (Å²) in [6.07, 6.45) is -3.45. The van der Waals surface area contributed by atoms with Crippen molar-refractivity contribution in [2.45, 2.75) is 46.3 Å². The predicted molar refractivity (Wildman–Crippen MR) is 75.3 cm³/mol. The Bertz CT molecular complexity index is 390. The molecule has 0 aliphatic carbocycles. The summed E-state index contributed by atoms with van der Waals surface area (Å²) in [4.78, 5) is 19.0. The van der Waals surface area contributed by atoms with Crippen LogP contribution >= 0.6 is 0 Å². The van der Waals surface area contributed by atoms with Crippen LogP contribution in [0.2, 0.25) is 0 Å². The molecule has 130 valence electrons. The van der Waals surface area contributed by atoms with Crippen LogP contribution in [-0.4, -0.2) is 40.5 Å². The summed E-state index contributed by atoms with van der Waals surface area (Å²) in [6.45, 7) is 9.81. The molecular weight excluding hydrogens is 307 g/mol. The Balaban J connectivity index is 0. The number of alkyl halides is 3. The highest BCUT2D eigenvalue weighted by molar-refractivity contribution is 5.73. The minimum atomic E-state index is -5.08. The fraction of sp³-hybridized carbons (Fsp3) is 0.833. The lowest BCUT2D eigenvalue weighted by Crippen LogP contribution is -2.32. The van der Waals surface area contributed by atoms with Crippen molar-refractivity contribution in [1.29, 1.82) is 0 Å². The van der Waals surface area contributed by atoms with E-state index in [4.69, 9.17) is 9.90 Å². The highest BCUT2D eigenvalue weighted by Gasteiger charge is 2.38. The summed E-state index contributed by atoms with van der Waals surface area (Å²) in [5.74, 6) is -2.65. The number of rotatable bonds is 5. The molecule has 2 N–H and O–H groups in total. The molecule has 7 nitrogen and oxygen atoms in total. The van der Waals surface area contributed by atoms with Crippen molar-refractivity contribution in [3.05, 3.63) is 10.1 Å². The molecule has 0 bridgehead atoms. The first-order valence-electron chi connectivity index (χ1n) is 6.39. The fourth-order valence-corrected chi connectivity index (χ4v) is 0.929. The third kappa shape index (κ3) is 14.5. The van der Waals surface area contributed by atoms with Gasteiger partial charge in [-0.25, -0.2) is 4.79 Å². The quantitative estimate of drug-likeness (QED) is 0.458.